The average Bonchev–Trinajstić information content (AvgIpc) is 2.92. The molecule has 0 aliphatic heterocycles. The summed E-state index contributed by atoms with van der Waals surface area (Å²) in [6, 6.07) is 6.16. The number of rotatable bonds is 6. The van der Waals surface area contributed by atoms with Crippen LogP contribution in [0.2, 0.25) is 0 Å². The third kappa shape index (κ3) is 3.53. The van der Waals surface area contributed by atoms with E-state index in [9.17, 15) is 22.0 Å². The first-order valence-corrected chi connectivity index (χ1v) is 8.78. The van der Waals surface area contributed by atoms with Gasteiger partial charge in [-0.3, -0.25) is 4.79 Å². The number of aromatic nitrogens is 2. The Kier molecular flexibility index (Phi) is 5.17. The van der Waals surface area contributed by atoms with Gasteiger partial charge in [-0.05, 0) is 19.1 Å². The van der Waals surface area contributed by atoms with Crippen molar-refractivity contribution in [3.8, 4) is 0 Å². The lowest BCUT2D eigenvalue weighted by Gasteiger charge is -2.14. The summed E-state index contributed by atoms with van der Waals surface area (Å²) in [5.74, 6) is -1.40. The van der Waals surface area contributed by atoms with Crippen molar-refractivity contribution in [3.63, 3.8) is 0 Å². The van der Waals surface area contributed by atoms with Crippen molar-refractivity contribution in [2.75, 3.05) is 0 Å². The number of hydrogen-bond donors (Lipinski definition) is 0. The largest absolute Gasteiger partial charge is 0.296 e. The molecule has 0 radical (unpaired) electrons. The van der Waals surface area contributed by atoms with Gasteiger partial charge < -0.3 is 0 Å². The fourth-order valence-electron chi connectivity index (χ4n) is 2.24. The quantitative estimate of drug-likeness (QED) is 0.798. The van der Waals surface area contributed by atoms with Crippen molar-refractivity contribution in [3.05, 3.63) is 47.5 Å². The van der Waals surface area contributed by atoms with Gasteiger partial charge in [-0.1, -0.05) is 31.5 Å². The molecular weight excluding hydrogens is 338 g/mol. The van der Waals surface area contributed by atoms with Gasteiger partial charge in [0.05, 0.1) is 23.2 Å². The number of ketones is 1. The molecule has 5 nitrogen and oxygen atoms in total. The van der Waals surface area contributed by atoms with Gasteiger partial charge in [0.15, 0.2) is 0 Å². The molecule has 2 rings (SSSR count). The molecule has 0 spiro atoms. The molecule has 0 aliphatic carbocycles. The Bertz CT molecular complexity index is 841. The zero-order valence-corrected chi connectivity index (χ0v) is 14.3. The van der Waals surface area contributed by atoms with Crippen LogP contribution in [0.1, 0.15) is 36.8 Å². The van der Waals surface area contributed by atoms with E-state index >= 15 is 0 Å². The first-order valence-electron chi connectivity index (χ1n) is 7.34. The van der Waals surface area contributed by atoms with E-state index in [0.29, 0.717) is 0 Å². The predicted molar refractivity (Wildman–Crippen MR) is 84.8 cm³/mol. The number of hydrogen-bond acceptors (Lipinski definition) is 4. The number of alkyl halides is 2. The second-order valence-electron chi connectivity index (χ2n) is 5.79. The van der Waals surface area contributed by atoms with Crippen LogP contribution >= 0.6 is 0 Å². The smallest absolute Gasteiger partial charge is 0.293 e. The predicted octanol–water partition coefficient (Wildman–Crippen LogP) is 2.93. The highest BCUT2D eigenvalue weighted by Gasteiger charge is 2.28. The minimum absolute atomic E-state index is 0.0127. The average molecular weight is 356 g/mol. The Labute approximate surface area is 139 Å². The van der Waals surface area contributed by atoms with Gasteiger partial charge in [-0.2, -0.15) is 0 Å². The van der Waals surface area contributed by atoms with E-state index in [2.05, 4.69) is 4.98 Å². The van der Waals surface area contributed by atoms with Crippen LogP contribution in [0.15, 0.2) is 35.4 Å². The first kappa shape index (κ1) is 18.3. The Morgan fingerprint density at radius 1 is 1.21 bits per heavy atom. The molecule has 1 aromatic heterocycles. The number of imidazole rings is 1. The molecule has 8 heteroatoms. The highest BCUT2D eigenvalue weighted by molar-refractivity contribution is 7.90. The van der Waals surface area contributed by atoms with E-state index in [4.69, 9.17) is 0 Å². The SMILES string of the molecule is Cc1ccc(S(=O)(=O)n2c(CC(=O)C(F)F)cnc2C(C)C)cc1. The van der Waals surface area contributed by atoms with Crippen molar-refractivity contribution in [1.29, 1.82) is 0 Å². The zero-order chi connectivity index (χ0) is 18.1. The second kappa shape index (κ2) is 6.80. The minimum Gasteiger partial charge on any atom is -0.293 e. The lowest BCUT2D eigenvalue weighted by Crippen LogP contribution is -2.22. The number of carbonyl (C=O) groups excluding carboxylic acids is 1. The molecule has 1 aromatic carbocycles. The molecule has 0 amide bonds. The molecule has 130 valence electrons. The van der Waals surface area contributed by atoms with E-state index in [-0.39, 0.29) is 22.3 Å². The third-order valence-electron chi connectivity index (χ3n) is 3.49. The fourth-order valence-corrected chi connectivity index (χ4v) is 3.86. The molecule has 0 saturated carbocycles. The highest BCUT2D eigenvalue weighted by Crippen LogP contribution is 2.24. The standard InChI is InChI=1S/C16H18F2N2O3S/c1-10(2)16-19-9-12(8-14(21)15(17)18)20(16)24(22,23)13-6-4-11(3)5-7-13/h4-7,9-10,15H,8H2,1-3H3. The van der Waals surface area contributed by atoms with E-state index in [1.54, 1.807) is 26.0 Å². The van der Waals surface area contributed by atoms with Crippen molar-refractivity contribution in [2.45, 2.75) is 44.4 Å². The van der Waals surface area contributed by atoms with Gasteiger partial charge in [-0.15, -0.1) is 0 Å². The van der Waals surface area contributed by atoms with Crippen molar-refractivity contribution >= 4 is 15.8 Å². The van der Waals surface area contributed by atoms with Gasteiger partial charge in [0.1, 0.15) is 5.82 Å². The fraction of sp³-hybridized carbons (Fsp3) is 0.375. The van der Waals surface area contributed by atoms with E-state index < -0.39 is 28.7 Å². The molecule has 0 unspecified atom stereocenters. The number of benzene rings is 1. The molecule has 0 aliphatic rings. The zero-order valence-electron chi connectivity index (χ0n) is 13.5. The maximum absolute atomic E-state index is 12.9. The maximum Gasteiger partial charge on any atom is 0.296 e. The number of nitrogens with zero attached hydrogens (tertiary/aromatic N) is 2. The van der Waals surface area contributed by atoms with Crippen molar-refractivity contribution in [1.82, 2.24) is 8.96 Å². The normalized spacial score (nSPS) is 12.1. The number of aryl methyl sites for hydroxylation is 1. The maximum atomic E-state index is 12.9. The summed E-state index contributed by atoms with van der Waals surface area (Å²) in [5, 5.41) is 0. The molecule has 0 fully saturated rings. The topological polar surface area (TPSA) is 69.0 Å². The minimum atomic E-state index is -4.03. The molecule has 24 heavy (non-hydrogen) atoms. The molecule has 0 N–H and O–H groups in total. The molecular formula is C16H18F2N2O3S. The van der Waals surface area contributed by atoms with Crippen LogP contribution in [0.25, 0.3) is 0 Å². The Morgan fingerprint density at radius 3 is 2.29 bits per heavy atom. The first-order chi connectivity index (χ1) is 11.1. The number of Topliss-reactive ketones (excluding diaryl/α,β-unsaturated/α-hetero) is 1. The van der Waals surface area contributed by atoms with E-state index in [1.165, 1.54) is 18.3 Å². The van der Waals surface area contributed by atoms with Crippen LogP contribution in [0.4, 0.5) is 8.78 Å². The summed E-state index contributed by atoms with van der Waals surface area (Å²) in [6.45, 7) is 5.30. The van der Waals surface area contributed by atoms with Crippen molar-refractivity contribution < 1.29 is 22.0 Å². The summed E-state index contributed by atoms with van der Waals surface area (Å²) in [7, 11) is -4.03. The lowest BCUT2D eigenvalue weighted by molar-refractivity contribution is -0.128. The number of carbonyl (C=O) groups is 1. The summed E-state index contributed by atoms with van der Waals surface area (Å²) in [4.78, 5) is 15.4. The van der Waals surface area contributed by atoms with Crippen LogP contribution in [-0.4, -0.2) is 29.6 Å². The Balaban J connectivity index is 2.59. The van der Waals surface area contributed by atoms with Crippen LogP contribution in [-0.2, 0) is 21.2 Å². The molecule has 1 heterocycles. The molecule has 0 atom stereocenters. The van der Waals surface area contributed by atoms with Crippen molar-refractivity contribution in [2.24, 2.45) is 0 Å². The summed E-state index contributed by atoms with van der Waals surface area (Å²) in [5.41, 5.74) is 0.821. The van der Waals surface area contributed by atoms with Crippen LogP contribution in [0, 0.1) is 6.92 Å². The van der Waals surface area contributed by atoms with Gasteiger partial charge in [-0.25, -0.2) is 26.2 Å². The third-order valence-corrected chi connectivity index (χ3v) is 5.26. The molecule has 0 saturated heterocycles. The van der Waals surface area contributed by atoms with Gasteiger partial charge in [0.2, 0.25) is 5.78 Å². The van der Waals surface area contributed by atoms with E-state index in [0.717, 1.165) is 9.54 Å². The van der Waals surface area contributed by atoms with Crippen LogP contribution in [0.5, 0.6) is 0 Å². The molecule has 0 bridgehead atoms. The second-order valence-corrected chi connectivity index (χ2v) is 7.58. The van der Waals surface area contributed by atoms with Gasteiger partial charge in [0, 0.05) is 5.92 Å². The summed E-state index contributed by atoms with van der Waals surface area (Å²) >= 11 is 0. The van der Waals surface area contributed by atoms with E-state index in [1.807, 2.05) is 6.92 Å². The highest BCUT2D eigenvalue weighted by atomic mass is 32.2. The van der Waals surface area contributed by atoms with Crippen LogP contribution in [0.3, 0.4) is 0 Å². The Morgan fingerprint density at radius 2 is 1.79 bits per heavy atom. The summed E-state index contributed by atoms with van der Waals surface area (Å²) in [6.07, 6.45) is -2.68. The molecule has 2 aromatic rings. The summed E-state index contributed by atoms with van der Waals surface area (Å²) < 4.78 is 51.9. The Hall–Kier alpha value is -2.09. The van der Waals surface area contributed by atoms with Gasteiger partial charge >= 0.3 is 0 Å². The van der Waals surface area contributed by atoms with Crippen LogP contribution < -0.4 is 0 Å². The number of halogens is 2. The van der Waals surface area contributed by atoms with Gasteiger partial charge in [0.25, 0.3) is 16.4 Å². The lowest BCUT2D eigenvalue weighted by atomic mass is 10.2. The monoisotopic (exact) mass is 356 g/mol.